The quantitative estimate of drug-likeness (QED) is 0.853. The molecule has 4 nitrogen and oxygen atoms in total. The largest absolute Gasteiger partial charge is 0.416 e. The van der Waals surface area contributed by atoms with Crippen molar-refractivity contribution in [3.05, 3.63) is 64.2 Å². The molecule has 0 saturated heterocycles. The molecule has 0 atom stereocenters. The molecule has 0 radical (unpaired) electrons. The van der Waals surface area contributed by atoms with Gasteiger partial charge in [0, 0.05) is 16.3 Å². The summed E-state index contributed by atoms with van der Waals surface area (Å²) in [5.74, 6) is -1.13. The molecule has 0 aliphatic heterocycles. The maximum atomic E-state index is 12.5. The number of aryl methyl sites for hydroxylation is 1. The van der Waals surface area contributed by atoms with Crippen molar-refractivity contribution in [3.63, 3.8) is 0 Å². The zero-order valence-electron chi connectivity index (χ0n) is 13.1. The van der Waals surface area contributed by atoms with E-state index in [1.54, 1.807) is 18.2 Å². The van der Waals surface area contributed by atoms with E-state index in [0.29, 0.717) is 10.7 Å². The van der Waals surface area contributed by atoms with Crippen LogP contribution in [0.2, 0.25) is 5.02 Å². The number of hydrogen-bond donors (Lipinski definition) is 2. The Balaban J connectivity index is 1.90. The van der Waals surface area contributed by atoms with Gasteiger partial charge in [0.15, 0.2) is 0 Å². The molecule has 2 amide bonds. The Morgan fingerprint density at radius 3 is 2.28 bits per heavy atom. The molecule has 2 aromatic carbocycles. The summed E-state index contributed by atoms with van der Waals surface area (Å²) in [6, 6.07) is 8.69. The van der Waals surface area contributed by atoms with Crippen molar-refractivity contribution < 1.29 is 22.8 Å². The SMILES string of the molecule is Cc1ccc(NC(=O)CNC(=O)c2ccc(C(F)(F)F)cc2)cc1Cl. The molecule has 0 unspecified atom stereocenters. The minimum absolute atomic E-state index is 0.0270. The van der Waals surface area contributed by atoms with Crippen LogP contribution in [0.1, 0.15) is 21.5 Å². The lowest BCUT2D eigenvalue weighted by molar-refractivity contribution is -0.137. The third kappa shape index (κ3) is 5.22. The standard InChI is InChI=1S/C17H14ClF3N2O2/c1-10-2-7-13(8-14(10)18)23-15(24)9-22-16(25)11-3-5-12(6-4-11)17(19,20)21/h2-8H,9H2,1H3,(H,22,25)(H,23,24). The summed E-state index contributed by atoms with van der Waals surface area (Å²) in [5, 5.41) is 5.39. The van der Waals surface area contributed by atoms with Gasteiger partial charge in [-0.25, -0.2) is 0 Å². The number of anilines is 1. The number of nitrogens with one attached hydrogen (secondary N) is 2. The van der Waals surface area contributed by atoms with Gasteiger partial charge in [-0.1, -0.05) is 17.7 Å². The average molecular weight is 371 g/mol. The topological polar surface area (TPSA) is 58.2 Å². The first kappa shape index (κ1) is 18.8. The minimum Gasteiger partial charge on any atom is -0.343 e. The monoisotopic (exact) mass is 370 g/mol. The lowest BCUT2D eigenvalue weighted by Crippen LogP contribution is -2.32. The van der Waals surface area contributed by atoms with Crippen molar-refractivity contribution in [2.24, 2.45) is 0 Å². The molecule has 2 rings (SSSR count). The second-order valence-corrected chi connectivity index (χ2v) is 5.68. The summed E-state index contributed by atoms with van der Waals surface area (Å²) in [6.45, 7) is 1.49. The highest BCUT2D eigenvalue weighted by molar-refractivity contribution is 6.31. The zero-order valence-corrected chi connectivity index (χ0v) is 13.8. The first-order valence-electron chi connectivity index (χ1n) is 7.18. The van der Waals surface area contributed by atoms with E-state index >= 15 is 0 Å². The van der Waals surface area contributed by atoms with Crippen LogP contribution in [-0.2, 0) is 11.0 Å². The zero-order chi connectivity index (χ0) is 18.6. The van der Waals surface area contributed by atoms with Gasteiger partial charge in [-0.05, 0) is 48.9 Å². The van der Waals surface area contributed by atoms with E-state index in [2.05, 4.69) is 10.6 Å². The average Bonchev–Trinajstić information content (AvgIpc) is 2.55. The van der Waals surface area contributed by atoms with Crippen LogP contribution in [0.25, 0.3) is 0 Å². The Bertz CT molecular complexity index is 789. The Morgan fingerprint density at radius 1 is 1.08 bits per heavy atom. The first-order chi connectivity index (χ1) is 11.7. The number of benzene rings is 2. The molecule has 0 heterocycles. The third-order valence-corrected chi connectivity index (χ3v) is 3.75. The highest BCUT2D eigenvalue weighted by Crippen LogP contribution is 2.29. The molecular formula is C17H14ClF3N2O2. The first-order valence-corrected chi connectivity index (χ1v) is 7.56. The van der Waals surface area contributed by atoms with Crippen LogP contribution in [-0.4, -0.2) is 18.4 Å². The highest BCUT2D eigenvalue weighted by Gasteiger charge is 2.30. The fourth-order valence-electron chi connectivity index (χ4n) is 1.95. The predicted molar refractivity (Wildman–Crippen MR) is 88.6 cm³/mol. The normalized spacial score (nSPS) is 11.1. The van der Waals surface area contributed by atoms with Crippen LogP contribution >= 0.6 is 11.6 Å². The summed E-state index contributed by atoms with van der Waals surface area (Å²) >= 11 is 5.95. The van der Waals surface area contributed by atoms with Crippen molar-refractivity contribution >= 4 is 29.1 Å². The molecule has 132 valence electrons. The Labute approximate surface area is 147 Å². The van der Waals surface area contributed by atoms with Crippen molar-refractivity contribution in [1.29, 1.82) is 0 Å². The van der Waals surface area contributed by atoms with Crippen LogP contribution in [0.3, 0.4) is 0 Å². The second-order valence-electron chi connectivity index (χ2n) is 5.27. The van der Waals surface area contributed by atoms with Gasteiger partial charge >= 0.3 is 6.18 Å². The lowest BCUT2D eigenvalue weighted by Gasteiger charge is -2.09. The van der Waals surface area contributed by atoms with E-state index in [4.69, 9.17) is 11.6 Å². The molecule has 0 aliphatic rings. The van der Waals surface area contributed by atoms with E-state index < -0.39 is 23.6 Å². The minimum atomic E-state index is -4.47. The predicted octanol–water partition coefficient (Wildman–Crippen LogP) is 4.04. The van der Waals surface area contributed by atoms with Crippen molar-refractivity contribution in [3.8, 4) is 0 Å². The number of hydrogen-bond acceptors (Lipinski definition) is 2. The van der Waals surface area contributed by atoms with Gasteiger partial charge in [0.05, 0.1) is 12.1 Å². The fourth-order valence-corrected chi connectivity index (χ4v) is 2.13. The molecule has 0 aliphatic carbocycles. The third-order valence-electron chi connectivity index (χ3n) is 3.34. The number of amides is 2. The van der Waals surface area contributed by atoms with Crippen molar-refractivity contribution in [1.82, 2.24) is 5.32 Å². The maximum Gasteiger partial charge on any atom is 0.416 e. The van der Waals surface area contributed by atoms with Gasteiger partial charge in [0.25, 0.3) is 5.91 Å². The fraction of sp³-hybridized carbons (Fsp3) is 0.176. The molecule has 0 fully saturated rings. The van der Waals surface area contributed by atoms with Gasteiger partial charge in [0.1, 0.15) is 0 Å². The molecular weight excluding hydrogens is 357 g/mol. The van der Waals surface area contributed by atoms with Crippen molar-refractivity contribution in [2.75, 3.05) is 11.9 Å². The highest BCUT2D eigenvalue weighted by atomic mass is 35.5. The summed E-state index contributed by atoms with van der Waals surface area (Å²) in [4.78, 5) is 23.7. The van der Waals surface area contributed by atoms with Gasteiger partial charge in [-0.15, -0.1) is 0 Å². The molecule has 2 aromatic rings. The molecule has 0 aromatic heterocycles. The smallest absolute Gasteiger partial charge is 0.343 e. The van der Waals surface area contributed by atoms with E-state index in [0.717, 1.165) is 29.8 Å². The molecule has 0 bridgehead atoms. The van der Waals surface area contributed by atoms with Gasteiger partial charge in [-0.3, -0.25) is 9.59 Å². The molecule has 8 heteroatoms. The summed E-state index contributed by atoms with van der Waals surface area (Å²) in [5.41, 5.74) is 0.511. The number of carbonyl (C=O) groups is 2. The molecule has 0 saturated carbocycles. The molecule has 0 spiro atoms. The Kier molecular flexibility index (Phi) is 5.69. The van der Waals surface area contributed by atoms with Crippen LogP contribution < -0.4 is 10.6 Å². The maximum absolute atomic E-state index is 12.5. The Morgan fingerprint density at radius 2 is 1.72 bits per heavy atom. The van der Waals surface area contributed by atoms with E-state index in [-0.39, 0.29) is 12.1 Å². The van der Waals surface area contributed by atoms with E-state index in [1.807, 2.05) is 6.92 Å². The summed E-state index contributed by atoms with van der Waals surface area (Å²) in [7, 11) is 0. The number of alkyl halides is 3. The second kappa shape index (κ2) is 7.57. The van der Waals surface area contributed by atoms with Crippen LogP contribution in [0.5, 0.6) is 0 Å². The number of rotatable bonds is 4. The van der Waals surface area contributed by atoms with E-state index in [9.17, 15) is 22.8 Å². The van der Waals surface area contributed by atoms with Gasteiger partial charge in [-0.2, -0.15) is 13.2 Å². The number of carbonyl (C=O) groups excluding carboxylic acids is 2. The lowest BCUT2D eigenvalue weighted by atomic mass is 10.1. The molecule has 25 heavy (non-hydrogen) atoms. The van der Waals surface area contributed by atoms with Gasteiger partial charge < -0.3 is 10.6 Å². The Hall–Kier alpha value is -2.54. The summed E-state index contributed by atoms with van der Waals surface area (Å²) < 4.78 is 37.4. The molecule has 2 N–H and O–H groups in total. The van der Waals surface area contributed by atoms with Crippen LogP contribution in [0, 0.1) is 6.92 Å². The number of halogens is 4. The van der Waals surface area contributed by atoms with Crippen LogP contribution in [0.4, 0.5) is 18.9 Å². The summed E-state index contributed by atoms with van der Waals surface area (Å²) in [6.07, 6.45) is -4.47. The van der Waals surface area contributed by atoms with Gasteiger partial charge in [0.2, 0.25) is 5.91 Å². The van der Waals surface area contributed by atoms with Crippen molar-refractivity contribution in [2.45, 2.75) is 13.1 Å². The van der Waals surface area contributed by atoms with Crippen LogP contribution in [0.15, 0.2) is 42.5 Å². The van der Waals surface area contributed by atoms with E-state index in [1.165, 1.54) is 0 Å².